The molecule has 0 aliphatic carbocycles. The van der Waals surface area contributed by atoms with E-state index in [1.807, 2.05) is 6.20 Å². The van der Waals surface area contributed by atoms with Gasteiger partial charge in [-0.15, -0.1) is 0 Å². The molecule has 0 radical (unpaired) electrons. The number of aromatic nitrogens is 2. The normalized spacial score (nSPS) is 26.5. The number of nitrogens with one attached hydrogen (secondary N) is 2. The molecule has 18 heavy (non-hydrogen) atoms. The van der Waals surface area contributed by atoms with Crippen molar-refractivity contribution < 1.29 is 0 Å². The highest BCUT2D eigenvalue weighted by atomic mass is 15.3. The van der Waals surface area contributed by atoms with Gasteiger partial charge in [-0.3, -0.25) is 4.68 Å². The number of hydrogen-bond donors (Lipinski definition) is 2. The second kappa shape index (κ2) is 5.28. The van der Waals surface area contributed by atoms with Crippen LogP contribution in [0.1, 0.15) is 25.8 Å². The van der Waals surface area contributed by atoms with Crippen molar-refractivity contribution in [3.63, 3.8) is 0 Å². The predicted molar refractivity (Wildman–Crippen MR) is 73.0 cm³/mol. The van der Waals surface area contributed by atoms with Gasteiger partial charge in [0.05, 0.1) is 17.9 Å². The maximum absolute atomic E-state index is 4.57. The Kier molecular flexibility index (Phi) is 3.52. The summed E-state index contributed by atoms with van der Waals surface area (Å²) in [6, 6.07) is 1.15. The molecule has 0 aromatic carbocycles. The van der Waals surface area contributed by atoms with Gasteiger partial charge in [-0.1, -0.05) is 0 Å². The van der Waals surface area contributed by atoms with Crippen molar-refractivity contribution in [1.29, 1.82) is 0 Å². The fraction of sp³-hybridized carbons (Fsp3) is 0.769. The van der Waals surface area contributed by atoms with Crippen molar-refractivity contribution in [2.24, 2.45) is 0 Å². The molecule has 3 heterocycles. The highest BCUT2D eigenvalue weighted by Crippen LogP contribution is 2.22. The molecule has 0 bridgehead atoms. The van der Waals surface area contributed by atoms with E-state index >= 15 is 0 Å². The minimum atomic E-state index is 0.570. The largest absolute Gasteiger partial charge is 0.366 e. The molecule has 100 valence electrons. The number of piperidine rings is 1. The Balaban J connectivity index is 1.68. The molecule has 2 fully saturated rings. The zero-order valence-corrected chi connectivity index (χ0v) is 11.1. The van der Waals surface area contributed by atoms with Crippen LogP contribution < -0.4 is 15.5 Å². The second-order valence-corrected chi connectivity index (χ2v) is 5.46. The Morgan fingerprint density at radius 3 is 2.89 bits per heavy atom. The average Bonchev–Trinajstić information content (AvgIpc) is 2.89. The van der Waals surface area contributed by atoms with Crippen LogP contribution in [0.5, 0.6) is 0 Å². The Hall–Kier alpha value is -1.07. The van der Waals surface area contributed by atoms with Gasteiger partial charge in [-0.05, 0) is 32.9 Å². The lowest BCUT2D eigenvalue weighted by Gasteiger charge is -2.32. The zero-order valence-electron chi connectivity index (χ0n) is 11.1. The van der Waals surface area contributed by atoms with Gasteiger partial charge in [0.15, 0.2) is 0 Å². The van der Waals surface area contributed by atoms with Crippen LogP contribution in [0, 0.1) is 0 Å². The lowest BCUT2D eigenvalue weighted by Crippen LogP contribution is -2.49. The number of rotatable bonds is 2. The van der Waals surface area contributed by atoms with Gasteiger partial charge in [0.25, 0.3) is 0 Å². The Bertz CT molecular complexity index is 382. The minimum Gasteiger partial charge on any atom is -0.366 e. The standard InChI is InChI=1S/C13H23N5/c1-11-9-17(7-6-15-11)13-8-16-18(10-13)12-2-4-14-5-3-12/h8,10-12,14-15H,2-7,9H2,1H3. The van der Waals surface area contributed by atoms with Gasteiger partial charge in [0, 0.05) is 31.9 Å². The smallest absolute Gasteiger partial charge is 0.0753 e. The fourth-order valence-electron chi connectivity index (χ4n) is 2.93. The Morgan fingerprint density at radius 1 is 1.28 bits per heavy atom. The van der Waals surface area contributed by atoms with Gasteiger partial charge >= 0.3 is 0 Å². The molecule has 2 saturated heterocycles. The van der Waals surface area contributed by atoms with Gasteiger partial charge in [0.2, 0.25) is 0 Å². The second-order valence-electron chi connectivity index (χ2n) is 5.46. The molecule has 2 aliphatic heterocycles. The Labute approximate surface area is 109 Å². The van der Waals surface area contributed by atoms with E-state index in [4.69, 9.17) is 0 Å². The number of nitrogens with zero attached hydrogens (tertiary/aromatic N) is 3. The molecule has 2 aliphatic rings. The van der Waals surface area contributed by atoms with Crippen LogP contribution in [0.4, 0.5) is 5.69 Å². The first kappa shape index (κ1) is 12.0. The van der Waals surface area contributed by atoms with Crippen molar-refractivity contribution in [3.8, 4) is 0 Å². The van der Waals surface area contributed by atoms with Gasteiger partial charge in [-0.25, -0.2) is 0 Å². The molecular weight excluding hydrogens is 226 g/mol. The van der Waals surface area contributed by atoms with E-state index in [9.17, 15) is 0 Å². The summed E-state index contributed by atoms with van der Waals surface area (Å²) in [4.78, 5) is 2.44. The SMILES string of the molecule is CC1CN(c2cnn(C3CCNCC3)c2)CCN1. The van der Waals surface area contributed by atoms with Crippen LogP contribution in [0.25, 0.3) is 0 Å². The van der Waals surface area contributed by atoms with Crippen molar-refractivity contribution in [2.45, 2.75) is 31.8 Å². The lowest BCUT2D eigenvalue weighted by molar-refractivity contribution is 0.343. The van der Waals surface area contributed by atoms with Crippen molar-refractivity contribution >= 4 is 5.69 Å². The van der Waals surface area contributed by atoms with E-state index in [1.54, 1.807) is 0 Å². The third-order valence-corrected chi connectivity index (χ3v) is 4.00. The molecule has 0 amide bonds. The first-order chi connectivity index (χ1) is 8.83. The third-order valence-electron chi connectivity index (χ3n) is 4.00. The summed E-state index contributed by atoms with van der Waals surface area (Å²) < 4.78 is 2.17. The maximum atomic E-state index is 4.57. The fourth-order valence-corrected chi connectivity index (χ4v) is 2.93. The molecule has 3 rings (SSSR count). The van der Waals surface area contributed by atoms with Crippen LogP contribution in [0.15, 0.2) is 12.4 Å². The van der Waals surface area contributed by atoms with E-state index in [1.165, 1.54) is 18.5 Å². The number of piperazine rings is 1. The van der Waals surface area contributed by atoms with Crippen LogP contribution >= 0.6 is 0 Å². The highest BCUT2D eigenvalue weighted by Gasteiger charge is 2.20. The molecule has 1 aromatic heterocycles. The molecule has 1 unspecified atom stereocenters. The van der Waals surface area contributed by atoms with Gasteiger partial charge < -0.3 is 15.5 Å². The van der Waals surface area contributed by atoms with Crippen molar-refractivity contribution in [3.05, 3.63) is 12.4 Å². The molecule has 2 N–H and O–H groups in total. The first-order valence-corrected chi connectivity index (χ1v) is 7.06. The summed E-state index contributed by atoms with van der Waals surface area (Å²) in [5.41, 5.74) is 1.28. The van der Waals surface area contributed by atoms with E-state index < -0.39 is 0 Å². The molecule has 0 spiro atoms. The molecule has 5 nitrogen and oxygen atoms in total. The van der Waals surface area contributed by atoms with Crippen molar-refractivity contribution in [1.82, 2.24) is 20.4 Å². The van der Waals surface area contributed by atoms with E-state index in [2.05, 4.69) is 38.4 Å². The molecule has 0 saturated carbocycles. The third kappa shape index (κ3) is 2.52. The Morgan fingerprint density at radius 2 is 2.11 bits per heavy atom. The first-order valence-electron chi connectivity index (χ1n) is 7.06. The number of hydrogen-bond acceptors (Lipinski definition) is 4. The monoisotopic (exact) mass is 249 g/mol. The highest BCUT2D eigenvalue weighted by molar-refractivity contribution is 5.43. The van der Waals surface area contributed by atoms with Crippen molar-refractivity contribution in [2.75, 3.05) is 37.6 Å². The summed E-state index contributed by atoms with van der Waals surface area (Å²) in [6.45, 7) is 7.71. The van der Waals surface area contributed by atoms with E-state index in [-0.39, 0.29) is 0 Å². The summed E-state index contributed by atoms with van der Waals surface area (Å²) in [6.07, 6.45) is 6.65. The van der Waals surface area contributed by atoms with Crippen LogP contribution in [-0.2, 0) is 0 Å². The van der Waals surface area contributed by atoms with Crippen LogP contribution in [-0.4, -0.2) is 48.5 Å². The van der Waals surface area contributed by atoms with Crippen LogP contribution in [0.3, 0.4) is 0 Å². The quantitative estimate of drug-likeness (QED) is 0.806. The molecular formula is C13H23N5. The predicted octanol–water partition coefficient (Wildman–Crippen LogP) is 0.606. The van der Waals surface area contributed by atoms with E-state index in [0.717, 1.165) is 32.7 Å². The molecule has 1 aromatic rings. The molecule has 5 heteroatoms. The topological polar surface area (TPSA) is 45.1 Å². The number of anilines is 1. The molecule has 1 atom stereocenters. The summed E-state index contributed by atoms with van der Waals surface area (Å²) in [7, 11) is 0. The zero-order chi connectivity index (χ0) is 12.4. The van der Waals surface area contributed by atoms with Crippen LogP contribution in [0.2, 0.25) is 0 Å². The minimum absolute atomic E-state index is 0.570. The average molecular weight is 249 g/mol. The van der Waals surface area contributed by atoms with Gasteiger partial charge in [-0.2, -0.15) is 5.10 Å². The summed E-state index contributed by atoms with van der Waals surface area (Å²) >= 11 is 0. The lowest BCUT2D eigenvalue weighted by atomic mass is 10.1. The van der Waals surface area contributed by atoms with Gasteiger partial charge in [0.1, 0.15) is 0 Å². The summed E-state index contributed by atoms with van der Waals surface area (Å²) in [5.74, 6) is 0. The maximum Gasteiger partial charge on any atom is 0.0753 e. The summed E-state index contributed by atoms with van der Waals surface area (Å²) in [5, 5.41) is 11.4. The van der Waals surface area contributed by atoms with E-state index in [0.29, 0.717) is 12.1 Å².